The molecular formula is C15H25N3. The first-order chi connectivity index (χ1) is 8.65. The number of fused-ring (bicyclic) bond motifs is 1. The van der Waals surface area contributed by atoms with Gasteiger partial charge in [-0.3, -0.25) is 4.68 Å². The molecule has 1 N–H and O–H groups in total. The monoisotopic (exact) mass is 247 g/mol. The van der Waals surface area contributed by atoms with Crippen LogP contribution in [0.15, 0.2) is 6.07 Å². The molecule has 0 radical (unpaired) electrons. The first kappa shape index (κ1) is 12.2. The van der Waals surface area contributed by atoms with Crippen molar-refractivity contribution in [2.75, 3.05) is 13.6 Å². The van der Waals surface area contributed by atoms with Gasteiger partial charge in [-0.05, 0) is 69.9 Å². The molecule has 0 saturated heterocycles. The summed E-state index contributed by atoms with van der Waals surface area (Å²) >= 11 is 0. The molecule has 2 saturated carbocycles. The average molecular weight is 247 g/mol. The number of rotatable bonds is 5. The lowest BCUT2D eigenvalue weighted by Gasteiger charge is -2.31. The van der Waals surface area contributed by atoms with Gasteiger partial charge in [-0.1, -0.05) is 0 Å². The van der Waals surface area contributed by atoms with Crippen molar-refractivity contribution in [3.8, 4) is 0 Å². The van der Waals surface area contributed by atoms with Crippen LogP contribution in [-0.4, -0.2) is 23.4 Å². The largest absolute Gasteiger partial charge is 0.319 e. The van der Waals surface area contributed by atoms with Gasteiger partial charge in [0.2, 0.25) is 0 Å². The van der Waals surface area contributed by atoms with E-state index in [4.69, 9.17) is 0 Å². The van der Waals surface area contributed by atoms with Gasteiger partial charge in [0.25, 0.3) is 0 Å². The van der Waals surface area contributed by atoms with Gasteiger partial charge in [-0.2, -0.15) is 5.10 Å². The van der Waals surface area contributed by atoms with E-state index in [9.17, 15) is 0 Å². The lowest BCUT2D eigenvalue weighted by atomic mass is 9.78. The summed E-state index contributed by atoms with van der Waals surface area (Å²) in [6.07, 6.45) is 5.55. The summed E-state index contributed by atoms with van der Waals surface area (Å²) in [6, 6.07) is 2.28. The lowest BCUT2D eigenvalue weighted by molar-refractivity contribution is 0.248. The van der Waals surface area contributed by atoms with Gasteiger partial charge in [0.1, 0.15) is 0 Å². The Morgan fingerprint density at radius 1 is 1.44 bits per heavy atom. The molecule has 2 aliphatic carbocycles. The Balaban J connectivity index is 1.79. The molecule has 2 unspecified atom stereocenters. The third kappa shape index (κ3) is 2.09. The fourth-order valence-electron chi connectivity index (χ4n) is 4.13. The van der Waals surface area contributed by atoms with E-state index in [1.807, 2.05) is 0 Å². The molecule has 18 heavy (non-hydrogen) atoms. The Hall–Kier alpha value is -0.830. The third-order valence-corrected chi connectivity index (χ3v) is 4.85. The van der Waals surface area contributed by atoms with Crippen molar-refractivity contribution in [2.45, 2.75) is 46.1 Å². The van der Waals surface area contributed by atoms with Crippen LogP contribution < -0.4 is 5.32 Å². The number of aryl methyl sites for hydroxylation is 2. The SMILES string of the molecule is CCn1nc(C)cc1CC1(CNC)CC2CC2C1. The highest BCUT2D eigenvalue weighted by Crippen LogP contribution is 2.60. The van der Waals surface area contributed by atoms with Crippen LogP contribution in [0.25, 0.3) is 0 Å². The summed E-state index contributed by atoms with van der Waals surface area (Å²) in [7, 11) is 2.09. The van der Waals surface area contributed by atoms with Gasteiger partial charge in [0, 0.05) is 18.8 Å². The summed E-state index contributed by atoms with van der Waals surface area (Å²) in [5.74, 6) is 2.08. The number of nitrogens with one attached hydrogen (secondary N) is 1. The Morgan fingerprint density at radius 2 is 2.17 bits per heavy atom. The molecule has 1 heterocycles. The zero-order valence-corrected chi connectivity index (χ0v) is 11.9. The Labute approximate surface area is 110 Å². The van der Waals surface area contributed by atoms with E-state index in [-0.39, 0.29) is 0 Å². The second-order valence-corrected chi connectivity index (χ2v) is 6.46. The van der Waals surface area contributed by atoms with E-state index in [2.05, 4.69) is 42.1 Å². The van der Waals surface area contributed by atoms with E-state index in [0.717, 1.165) is 30.6 Å². The second-order valence-electron chi connectivity index (χ2n) is 6.46. The Bertz CT molecular complexity index is 425. The maximum atomic E-state index is 4.59. The van der Waals surface area contributed by atoms with Crippen LogP contribution in [0.3, 0.4) is 0 Å². The normalized spacial score (nSPS) is 33.7. The van der Waals surface area contributed by atoms with Gasteiger partial charge >= 0.3 is 0 Å². The maximum Gasteiger partial charge on any atom is 0.0596 e. The van der Waals surface area contributed by atoms with Crippen LogP contribution in [0.1, 0.15) is 37.6 Å². The first-order valence-electron chi connectivity index (χ1n) is 7.34. The van der Waals surface area contributed by atoms with Crippen LogP contribution in [0, 0.1) is 24.2 Å². The second kappa shape index (κ2) is 4.37. The molecule has 0 amide bonds. The molecule has 2 fully saturated rings. The van der Waals surface area contributed by atoms with Crippen LogP contribution in [0.4, 0.5) is 0 Å². The first-order valence-corrected chi connectivity index (χ1v) is 7.34. The summed E-state index contributed by atoms with van der Waals surface area (Å²) in [5.41, 5.74) is 3.10. The van der Waals surface area contributed by atoms with E-state index in [1.54, 1.807) is 0 Å². The molecule has 3 nitrogen and oxygen atoms in total. The summed E-state index contributed by atoms with van der Waals surface area (Å²) < 4.78 is 2.19. The van der Waals surface area contributed by atoms with Crippen LogP contribution in [-0.2, 0) is 13.0 Å². The topological polar surface area (TPSA) is 29.9 Å². The molecular weight excluding hydrogens is 222 g/mol. The predicted molar refractivity (Wildman–Crippen MR) is 73.5 cm³/mol. The zero-order chi connectivity index (χ0) is 12.8. The van der Waals surface area contributed by atoms with E-state index in [0.29, 0.717) is 5.41 Å². The summed E-state index contributed by atoms with van der Waals surface area (Å²) in [4.78, 5) is 0. The van der Waals surface area contributed by atoms with Crippen molar-refractivity contribution in [1.82, 2.24) is 15.1 Å². The maximum absolute atomic E-state index is 4.59. The highest BCUT2D eigenvalue weighted by molar-refractivity contribution is 5.15. The molecule has 0 bridgehead atoms. The standard InChI is InChI=1S/C15H25N3/c1-4-18-14(5-11(2)17-18)9-15(10-16-3)7-12-6-13(12)8-15/h5,12-13,16H,4,6-10H2,1-3H3. The van der Waals surface area contributed by atoms with Gasteiger partial charge in [-0.15, -0.1) is 0 Å². The van der Waals surface area contributed by atoms with E-state index < -0.39 is 0 Å². The van der Waals surface area contributed by atoms with Gasteiger partial charge in [0.15, 0.2) is 0 Å². The van der Waals surface area contributed by atoms with Crippen LogP contribution in [0.5, 0.6) is 0 Å². The van der Waals surface area contributed by atoms with Crippen molar-refractivity contribution in [3.63, 3.8) is 0 Å². The Morgan fingerprint density at radius 3 is 2.78 bits per heavy atom. The zero-order valence-electron chi connectivity index (χ0n) is 11.9. The van der Waals surface area contributed by atoms with Gasteiger partial charge < -0.3 is 5.32 Å². The number of hydrogen-bond acceptors (Lipinski definition) is 2. The highest BCUT2D eigenvalue weighted by Gasteiger charge is 2.53. The minimum absolute atomic E-state index is 0.502. The van der Waals surface area contributed by atoms with Crippen molar-refractivity contribution in [1.29, 1.82) is 0 Å². The summed E-state index contributed by atoms with van der Waals surface area (Å²) in [5, 5.41) is 8.02. The predicted octanol–water partition coefficient (Wildman–Crippen LogP) is 2.39. The summed E-state index contributed by atoms with van der Waals surface area (Å²) in [6.45, 7) is 6.44. The number of aromatic nitrogens is 2. The molecule has 1 aromatic heterocycles. The molecule has 2 atom stereocenters. The number of nitrogens with zero attached hydrogens (tertiary/aromatic N) is 2. The molecule has 0 aliphatic heterocycles. The fourth-order valence-corrected chi connectivity index (χ4v) is 4.13. The molecule has 3 rings (SSSR count). The van der Waals surface area contributed by atoms with Crippen molar-refractivity contribution in [3.05, 3.63) is 17.5 Å². The lowest BCUT2D eigenvalue weighted by Crippen LogP contribution is -2.34. The molecule has 2 aliphatic rings. The quantitative estimate of drug-likeness (QED) is 0.866. The molecule has 3 heteroatoms. The van der Waals surface area contributed by atoms with E-state index in [1.165, 1.54) is 31.4 Å². The number of hydrogen-bond donors (Lipinski definition) is 1. The Kier molecular flexibility index (Phi) is 2.97. The van der Waals surface area contributed by atoms with Crippen LogP contribution in [0.2, 0.25) is 0 Å². The van der Waals surface area contributed by atoms with Crippen LogP contribution >= 0.6 is 0 Å². The van der Waals surface area contributed by atoms with E-state index >= 15 is 0 Å². The third-order valence-electron chi connectivity index (χ3n) is 4.85. The molecule has 0 aromatic carbocycles. The molecule has 1 aromatic rings. The minimum atomic E-state index is 0.502. The molecule has 0 spiro atoms. The van der Waals surface area contributed by atoms with Crippen molar-refractivity contribution < 1.29 is 0 Å². The van der Waals surface area contributed by atoms with Crippen molar-refractivity contribution in [2.24, 2.45) is 17.3 Å². The van der Waals surface area contributed by atoms with Crippen molar-refractivity contribution >= 4 is 0 Å². The average Bonchev–Trinajstić information content (AvgIpc) is 2.79. The smallest absolute Gasteiger partial charge is 0.0596 e. The van der Waals surface area contributed by atoms with Gasteiger partial charge in [0.05, 0.1) is 5.69 Å². The minimum Gasteiger partial charge on any atom is -0.319 e. The highest BCUT2D eigenvalue weighted by atomic mass is 15.3. The molecule has 100 valence electrons. The fraction of sp³-hybridized carbons (Fsp3) is 0.800. The van der Waals surface area contributed by atoms with Gasteiger partial charge in [-0.25, -0.2) is 0 Å².